The van der Waals surface area contributed by atoms with Crippen molar-refractivity contribution in [2.45, 2.75) is 76.7 Å². The van der Waals surface area contributed by atoms with Crippen LogP contribution in [0.3, 0.4) is 0 Å². The maximum absolute atomic E-state index is 13.7. The first-order chi connectivity index (χ1) is 13.1. The normalized spacial score (nSPS) is 29.0. The number of carbonyl (C=O) groups is 1. The number of ether oxygens (including phenoxy) is 1. The van der Waals surface area contributed by atoms with Gasteiger partial charge in [0, 0.05) is 6.08 Å². The van der Waals surface area contributed by atoms with Crippen LogP contribution in [0.4, 0.5) is 4.39 Å². The number of esters is 1. The summed E-state index contributed by atoms with van der Waals surface area (Å²) in [6.07, 6.45) is 13.3. The molecule has 27 heavy (non-hydrogen) atoms. The van der Waals surface area contributed by atoms with Crippen LogP contribution >= 0.6 is 11.6 Å². The van der Waals surface area contributed by atoms with Crippen molar-refractivity contribution in [3.05, 3.63) is 46.8 Å². The van der Waals surface area contributed by atoms with Gasteiger partial charge in [-0.3, -0.25) is 0 Å². The molecule has 0 amide bonds. The van der Waals surface area contributed by atoms with Crippen LogP contribution in [0.5, 0.6) is 0 Å². The van der Waals surface area contributed by atoms with Crippen molar-refractivity contribution < 1.29 is 13.9 Å². The molecule has 2 aliphatic rings. The second-order valence-electron chi connectivity index (χ2n) is 8.07. The van der Waals surface area contributed by atoms with Crippen molar-refractivity contribution in [3.8, 4) is 0 Å². The van der Waals surface area contributed by atoms with Crippen LogP contribution in [0.15, 0.2) is 30.4 Å². The van der Waals surface area contributed by atoms with Gasteiger partial charge in [0.15, 0.2) is 0 Å². The quantitative estimate of drug-likeness (QED) is 0.406. The minimum absolute atomic E-state index is 0.0867. The SMILES string of the molecule is CC/C=C/C(=O)OC1CCC(C2CCC(c3ccc(Cl)c(F)c3)CC2)CC1. The van der Waals surface area contributed by atoms with E-state index in [2.05, 4.69) is 0 Å². The van der Waals surface area contributed by atoms with Crippen molar-refractivity contribution >= 4 is 17.6 Å². The van der Waals surface area contributed by atoms with Crippen LogP contribution in [-0.4, -0.2) is 12.1 Å². The Hall–Kier alpha value is -1.35. The lowest BCUT2D eigenvalue weighted by molar-refractivity contribution is -0.145. The number of hydrogen-bond donors (Lipinski definition) is 0. The second kappa shape index (κ2) is 9.73. The Morgan fingerprint density at radius 2 is 1.74 bits per heavy atom. The van der Waals surface area contributed by atoms with Crippen molar-refractivity contribution in [2.24, 2.45) is 11.8 Å². The number of carbonyl (C=O) groups excluding carboxylic acids is 1. The average molecular weight is 393 g/mol. The number of hydrogen-bond acceptors (Lipinski definition) is 2. The van der Waals surface area contributed by atoms with Crippen molar-refractivity contribution in [1.29, 1.82) is 0 Å². The number of allylic oxidation sites excluding steroid dienone is 1. The molecule has 2 nitrogen and oxygen atoms in total. The molecule has 4 heteroatoms. The van der Waals surface area contributed by atoms with Crippen LogP contribution in [0.1, 0.15) is 76.2 Å². The first kappa shape index (κ1) is 20.4. The lowest BCUT2D eigenvalue weighted by Gasteiger charge is -2.37. The van der Waals surface area contributed by atoms with Crippen LogP contribution < -0.4 is 0 Å². The molecule has 0 radical (unpaired) electrons. The van der Waals surface area contributed by atoms with Gasteiger partial charge in [-0.05, 0) is 93.2 Å². The lowest BCUT2D eigenvalue weighted by Crippen LogP contribution is -2.29. The Morgan fingerprint density at radius 1 is 1.11 bits per heavy atom. The summed E-state index contributed by atoms with van der Waals surface area (Å²) in [7, 11) is 0. The van der Waals surface area contributed by atoms with Gasteiger partial charge in [-0.15, -0.1) is 0 Å². The van der Waals surface area contributed by atoms with E-state index < -0.39 is 0 Å². The molecule has 2 aliphatic carbocycles. The van der Waals surface area contributed by atoms with E-state index in [4.69, 9.17) is 16.3 Å². The van der Waals surface area contributed by atoms with Crippen molar-refractivity contribution in [3.63, 3.8) is 0 Å². The van der Waals surface area contributed by atoms with Crippen molar-refractivity contribution in [1.82, 2.24) is 0 Å². The highest BCUT2D eigenvalue weighted by Gasteiger charge is 2.32. The van der Waals surface area contributed by atoms with E-state index in [-0.39, 0.29) is 22.9 Å². The molecule has 0 heterocycles. The van der Waals surface area contributed by atoms with E-state index >= 15 is 0 Å². The van der Waals surface area contributed by atoms with Gasteiger partial charge in [0.05, 0.1) is 5.02 Å². The second-order valence-corrected chi connectivity index (χ2v) is 8.48. The maximum atomic E-state index is 13.7. The first-order valence-electron chi connectivity index (χ1n) is 10.4. The van der Waals surface area contributed by atoms with E-state index in [1.54, 1.807) is 18.2 Å². The number of benzene rings is 1. The molecule has 3 rings (SSSR count). The summed E-state index contributed by atoms with van der Waals surface area (Å²) >= 11 is 5.80. The smallest absolute Gasteiger partial charge is 0.330 e. The topological polar surface area (TPSA) is 26.3 Å². The molecular weight excluding hydrogens is 363 g/mol. The zero-order valence-corrected chi connectivity index (χ0v) is 16.9. The Balaban J connectivity index is 1.43. The van der Waals surface area contributed by atoms with Crippen LogP contribution in [0, 0.1) is 17.7 Å². The minimum Gasteiger partial charge on any atom is -0.459 e. The summed E-state index contributed by atoms with van der Waals surface area (Å²) in [5.41, 5.74) is 1.09. The molecule has 1 aromatic carbocycles. The summed E-state index contributed by atoms with van der Waals surface area (Å²) in [6, 6.07) is 5.26. The van der Waals surface area contributed by atoms with Gasteiger partial charge < -0.3 is 4.74 Å². The zero-order valence-electron chi connectivity index (χ0n) is 16.1. The number of rotatable bonds is 5. The Bertz CT molecular complexity index is 656. The molecule has 0 aromatic heterocycles. The van der Waals surface area contributed by atoms with E-state index in [1.165, 1.54) is 12.8 Å². The van der Waals surface area contributed by atoms with Crippen LogP contribution in [-0.2, 0) is 9.53 Å². The number of halogens is 2. The fourth-order valence-corrected chi connectivity index (χ4v) is 4.90. The molecule has 148 valence electrons. The van der Waals surface area contributed by atoms with Crippen molar-refractivity contribution in [2.75, 3.05) is 0 Å². The molecule has 0 bridgehead atoms. The Labute approximate surface area is 167 Å². The molecule has 0 spiro atoms. The summed E-state index contributed by atoms with van der Waals surface area (Å²) in [5, 5.41) is 0.204. The van der Waals surface area contributed by atoms with Gasteiger partial charge in [0.1, 0.15) is 11.9 Å². The fourth-order valence-electron chi connectivity index (χ4n) is 4.79. The molecule has 0 N–H and O–H groups in total. The molecule has 0 atom stereocenters. The minimum atomic E-state index is -0.307. The van der Waals surface area contributed by atoms with Gasteiger partial charge in [-0.2, -0.15) is 0 Å². The van der Waals surface area contributed by atoms with Gasteiger partial charge in [0.25, 0.3) is 0 Å². The van der Waals surface area contributed by atoms with E-state index in [9.17, 15) is 9.18 Å². The molecular formula is C23H30ClFO2. The monoisotopic (exact) mass is 392 g/mol. The maximum Gasteiger partial charge on any atom is 0.330 e. The third-order valence-electron chi connectivity index (χ3n) is 6.34. The molecule has 0 saturated heterocycles. The third-order valence-corrected chi connectivity index (χ3v) is 6.65. The summed E-state index contributed by atoms with van der Waals surface area (Å²) in [4.78, 5) is 11.7. The highest BCUT2D eigenvalue weighted by molar-refractivity contribution is 6.30. The lowest BCUT2D eigenvalue weighted by atomic mass is 9.69. The standard InChI is InChI=1S/C23H30ClFO2/c1-2-3-4-23(26)27-20-12-9-17(10-13-20)16-5-7-18(8-6-16)19-11-14-21(24)22(25)15-19/h3-4,11,14-18,20H,2,5-10,12-13H2,1H3/b4-3+. The van der Waals surface area contributed by atoms with E-state index in [0.29, 0.717) is 5.92 Å². The Morgan fingerprint density at radius 3 is 2.33 bits per heavy atom. The molecule has 2 saturated carbocycles. The summed E-state index contributed by atoms with van der Waals surface area (Å²) in [6.45, 7) is 2.01. The van der Waals surface area contributed by atoms with Gasteiger partial charge in [0.2, 0.25) is 0 Å². The van der Waals surface area contributed by atoms with Crippen LogP contribution in [0.2, 0.25) is 5.02 Å². The first-order valence-corrected chi connectivity index (χ1v) is 10.8. The van der Waals surface area contributed by atoms with Crippen LogP contribution in [0.25, 0.3) is 0 Å². The molecule has 1 aromatic rings. The fraction of sp³-hybridized carbons (Fsp3) is 0.609. The molecule has 2 fully saturated rings. The largest absolute Gasteiger partial charge is 0.459 e. The highest BCUT2D eigenvalue weighted by Crippen LogP contribution is 2.43. The zero-order chi connectivity index (χ0) is 19.2. The van der Waals surface area contributed by atoms with E-state index in [0.717, 1.165) is 62.3 Å². The third kappa shape index (κ3) is 5.57. The van der Waals surface area contributed by atoms with Gasteiger partial charge in [-0.25, -0.2) is 9.18 Å². The van der Waals surface area contributed by atoms with Gasteiger partial charge >= 0.3 is 5.97 Å². The van der Waals surface area contributed by atoms with E-state index in [1.807, 2.05) is 19.1 Å². The highest BCUT2D eigenvalue weighted by atomic mass is 35.5. The predicted octanol–water partition coefficient (Wildman–Crippen LogP) is 6.82. The Kier molecular flexibility index (Phi) is 7.34. The summed E-state index contributed by atoms with van der Waals surface area (Å²) < 4.78 is 19.3. The predicted molar refractivity (Wildman–Crippen MR) is 107 cm³/mol. The summed E-state index contributed by atoms with van der Waals surface area (Å²) in [5.74, 6) is 1.45. The molecule has 0 aliphatic heterocycles. The molecule has 0 unspecified atom stereocenters. The average Bonchev–Trinajstić information content (AvgIpc) is 2.69. The van der Waals surface area contributed by atoms with Gasteiger partial charge in [-0.1, -0.05) is 30.7 Å².